The highest BCUT2D eigenvalue weighted by atomic mass is 19.3. The maximum Gasteiger partial charge on any atom is 0.387 e. The first-order valence-electron chi connectivity index (χ1n) is 8.55. The Labute approximate surface area is 165 Å². The molecule has 2 aromatic carbocycles. The predicted molar refractivity (Wildman–Crippen MR) is 103 cm³/mol. The second-order valence-corrected chi connectivity index (χ2v) is 5.80. The van der Waals surface area contributed by atoms with E-state index in [0.717, 1.165) is 0 Å². The zero-order valence-electron chi connectivity index (χ0n) is 15.7. The summed E-state index contributed by atoms with van der Waals surface area (Å²) in [4.78, 5) is 12.7. The molecule has 0 saturated heterocycles. The van der Waals surface area contributed by atoms with Crippen molar-refractivity contribution in [1.82, 2.24) is 9.78 Å². The summed E-state index contributed by atoms with van der Waals surface area (Å²) in [5, 5.41) is 4.16. The van der Waals surface area contributed by atoms with E-state index in [4.69, 9.17) is 9.47 Å². The number of methoxy groups -OCH3 is 2. The van der Waals surface area contributed by atoms with Crippen molar-refractivity contribution in [2.75, 3.05) is 14.2 Å². The third-order valence-electron chi connectivity index (χ3n) is 4.04. The Morgan fingerprint density at radius 3 is 2.38 bits per heavy atom. The van der Waals surface area contributed by atoms with E-state index in [2.05, 4.69) is 9.84 Å². The van der Waals surface area contributed by atoms with Crippen molar-refractivity contribution in [2.45, 2.75) is 6.61 Å². The topological polar surface area (TPSA) is 62.6 Å². The van der Waals surface area contributed by atoms with Gasteiger partial charge in [-0.3, -0.25) is 4.79 Å². The van der Waals surface area contributed by atoms with Gasteiger partial charge in [-0.1, -0.05) is 18.2 Å². The molecule has 0 aliphatic rings. The van der Waals surface area contributed by atoms with E-state index >= 15 is 0 Å². The Balaban J connectivity index is 1.92. The van der Waals surface area contributed by atoms with Crippen LogP contribution in [-0.2, 0) is 0 Å². The van der Waals surface area contributed by atoms with Gasteiger partial charge in [-0.2, -0.15) is 13.9 Å². The normalized spacial score (nSPS) is 11.1. The average Bonchev–Trinajstić information content (AvgIpc) is 3.26. The molecule has 0 spiro atoms. The summed E-state index contributed by atoms with van der Waals surface area (Å²) >= 11 is 0. The molecule has 0 unspecified atom stereocenters. The molecule has 1 heterocycles. The zero-order chi connectivity index (χ0) is 20.8. The van der Waals surface area contributed by atoms with Crippen LogP contribution in [0.4, 0.5) is 8.78 Å². The van der Waals surface area contributed by atoms with Crippen molar-refractivity contribution in [3.63, 3.8) is 0 Å². The molecule has 3 aromatic rings. The minimum Gasteiger partial charge on any atom is -0.493 e. The van der Waals surface area contributed by atoms with Crippen LogP contribution in [0.5, 0.6) is 17.2 Å². The van der Waals surface area contributed by atoms with Crippen LogP contribution in [0.2, 0.25) is 0 Å². The number of rotatable bonds is 8. The van der Waals surface area contributed by atoms with Crippen LogP contribution >= 0.6 is 0 Å². The minimum absolute atomic E-state index is 0.0636. The van der Waals surface area contributed by atoms with Gasteiger partial charge in [0, 0.05) is 18.0 Å². The van der Waals surface area contributed by atoms with Crippen molar-refractivity contribution < 1.29 is 27.8 Å². The van der Waals surface area contributed by atoms with Crippen LogP contribution in [0, 0.1) is 0 Å². The first-order valence-corrected chi connectivity index (χ1v) is 8.55. The number of carbonyl (C=O) groups excluding carboxylic acids is 1. The van der Waals surface area contributed by atoms with Gasteiger partial charge in [-0.05, 0) is 42.0 Å². The van der Waals surface area contributed by atoms with Gasteiger partial charge in [0.25, 0.3) is 0 Å². The van der Waals surface area contributed by atoms with Crippen LogP contribution in [0.25, 0.3) is 11.8 Å². The van der Waals surface area contributed by atoms with Gasteiger partial charge in [0.15, 0.2) is 17.3 Å². The first-order chi connectivity index (χ1) is 14.0. The number of hydrogen-bond donors (Lipinski definition) is 0. The number of alkyl halides is 2. The maximum atomic E-state index is 12.7. The van der Waals surface area contributed by atoms with Crippen molar-refractivity contribution in [1.29, 1.82) is 0 Å². The second-order valence-electron chi connectivity index (χ2n) is 5.80. The highest BCUT2D eigenvalue weighted by Gasteiger charge is 2.18. The zero-order valence-corrected chi connectivity index (χ0v) is 15.7. The van der Waals surface area contributed by atoms with Gasteiger partial charge in [-0.15, -0.1) is 0 Å². The lowest BCUT2D eigenvalue weighted by Crippen LogP contribution is -2.05. The van der Waals surface area contributed by atoms with Crippen LogP contribution < -0.4 is 14.2 Å². The predicted octanol–water partition coefficient (Wildman–Crippen LogP) is 4.39. The molecule has 0 saturated carbocycles. The third-order valence-corrected chi connectivity index (χ3v) is 4.04. The monoisotopic (exact) mass is 400 g/mol. The van der Waals surface area contributed by atoms with Crippen molar-refractivity contribution in [3.05, 3.63) is 72.1 Å². The summed E-state index contributed by atoms with van der Waals surface area (Å²) in [6, 6.07) is 11.8. The summed E-state index contributed by atoms with van der Waals surface area (Å²) in [5.41, 5.74) is 1.62. The fourth-order valence-electron chi connectivity index (χ4n) is 2.76. The number of allylic oxidation sites excluding steroid dienone is 1. The molecule has 8 heteroatoms. The summed E-state index contributed by atoms with van der Waals surface area (Å²) < 4.78 is 41.6. The number of aromatic nitrogens is 2. The van der Waals surface area contributed by atoms with Crippen molar-refractivity contribution >= 4 is 11.9 Å². The molecule has 0 fully saturated rings. The number of nitrogens with zero attached hydrogens (tertiary/aromatic N) is 2. The highest BCUT2D eigenvalue weighted by molar-refractivity contribution is 6.09. The van der Waals surface area contributed by atoms with Gasteiger partial charge in [0.1, 0.15) is 0 Å². The smallest absolute Gasteiger partial charge is 0.387 e. The standard InChI is InChI=1S/C21H18F2N2O4/c1-27-18-12-14(13-19(28-2)20(18)29-21(22)23)8-9-17(26)15-6-3-4-7-16(15)25-11-5-10-24-25/h3-13,21H,1-2H3/b9-8+. The molecule has 150 valence electrons. The average molecular weight is 400 g/mol. The van der Waals surface area contributed by atoms with E-state index < -0.39 is 6.61 Å². The van der Waals surface area contributed by atoms with Gasteiger partial charge >= 0.3 is 6.61 Å². The molecule has 0 amide bonds. The molecule has 0 radical (unpaired) electrons. The van der Waals surface area contributed by atoms with E-state index in [1.165, 1.54) is 32.4 Å². The van der Waals surface area contributed by atoms with E-state index in [0.29, 0.717) is 16.8 Å². The second kappa shape index (κ2) is 9.01. The molecule has 3 rings (SSSR count). The summed E-state index contributed by atoms with van der Waals surface area (Å²) in [6.45, 7) is -3.03. The quantitative estimate of drug-likeness (QED) is 0.415. The fourth-order valence-corrected chi connectivity index (χ4v) is 2.76. The molecule has 29 heavy (non-hydrogen) atoms. The highest BCUT2D eigenvalue weighted by Crippen LogP contribution is 2.39. The van der Waals surface area contributed by atoms with Crippen LogP contribution in [0.3, 0.4) is 0 Å². The van der Waals surface area contributed by atoms with Crippen molar-refractivity contribution in [2.24, 2.45) is 0 Å². The molecule has 0 atom stereocenters. The molecule has 0 aliphatic carbocycles. The van der Waals surface area contributed by atoms with Gasteiger partial charge in [0.2, 0.25) is 5.75 Å². The minimum atomic E-state index is -3.03. The Bertz CT molecular complexity index is 992. The summed E-state index contributed by atoms with van der Waals surface area (Å²) in [7, 11) is 2.65. The lowest BCUT2D eigenvalue weighted by molar-refractivity contribution is -0.0526. The van der Waals surface area contributed by atoms with Crippen LogP contribution in [0.15, 0.2) is 60.9 Å². The third kappa shape index (κ3) is 4.60. The molecule has 6 nitrogen and oxygen atoms in total. The SMILES string of the molecule is COc1cc(/C=C/C(=O)c2ccccc2-n2cccn2)cc(OC)c1OC(F)F. The number of ketones is 1. The summed E-state index contributed by atoms with van der Waals surface area (Å²) in [6.07, 6.45) is 6.29. The van der Waals surface area contributed by atoms with E-state index in [9.17, 15) is 13.6 Å². The van der Waals surface area contributed by atoms with Crippen LogP contribution in [-0.4, -0.2) is 36.4 Å². The number of carbonyl (C=O) groups is 1. The van der Waals surface area contributed by atoms with E-state index in [1.807, 2.05) is 6.07 Å². The molecular weight excluding hydrogens is 382 g/mol. The summed E-state index contributed by atoms with van der Waals surface area (Å²) in [5.74, 6) is -0.332. The Kier molecular flexibility index (Phi) is 6.23. The van der Waals surface area contributed by atoms with Gasteiger partial charge < -0.3 is 14.2 Å². The van der Waals surface area contributed by atoms with E-state index in [1.54, 1.807) is 47.4 Å². The number of hydrogen-bond acceptors (Lipinski definition) is 5. The number of halogens is 2. The van der Waals surface area contributed by atoms with Crippen molar-refractivity contribution in [3.8, 4) is 22.9 Å². The fraction of sp³-hybridized carbons (Fsp3) is 0.143. The maximum absolute atomic E-state index is 12.7. The van der Waals surface area contributed by atoms with E-state index in [-0.39, 0.29) is 23.0 Å². The molecular formula is C21H18F2N2O4. The molecule has 0 N–H and O–H groups in total. The number of ether oxygens (including phenoxy) is 3. The lowest BCUT2D eigenvalue weighted by Gasteiger charge is -2.14. The number of para-hydroxylation sites is 1. The largest absolute Gasteiger partial charge is 0.493 e. The Morgan fingerprint density at radius 2 is 1.79 bits per heavy atom. The molecule has 0 aliphatic heterocycles. The number of benzene rings is 2. The molecule has 1 aromatic heterocycles. The Hall–Kier alpha value is -3.68. The van der Waals surface area contributed by atoms with Crippen LogP contribution in [0.1, 0.15) is 15.9 Å². The molecule has 0 bridgehead atoms. The Morgan fingerprint density at radius 1 is 1.10 bits per heavy atom. The van der Waals surface area contributed by atoms with Gasteiger partial charge in [0.05, 0.1) is 19.9 Å². The lowest BCUT2D eigenvalue weighted by atomic mass is 10.1. The van der Waals surface area contributed by atoms with Gasteiger partial charge in [-0.25, -0.2) is 4.68 Å². The first kappa shape index (κ1) is 20.1.